The van der Waals surface area contributed by atoms with Crippen molar-refractivity contribution in [1.29, 1.82) is 0 Å². The summed E-state index contributed by atoms with van der Waals surface area (Å²) >= 11 is 13.7. The fourth-order valence-corrected chi connectivity index (χ4v) is 4.59. The molecule has 0 aliphatic carbocycles. The SMILES string of the molecule is CNS(=O)(=O)c1ccc(Cl)c(C(=O)Nc2ncc(Cc3cccc(C)c3Cl)s2)c1. The number of thiazole rings is 1. The van der Waals surface area contributed by atoms with Crippen LogP contribution in [-0.2, 0) is 16.4 Å². The summed E-state index contributed by atoms with van der Waals surface area (Å²) in [5.74, 6) is -0.544. The average molecular weight is 470 g/mol. The van der Waals surface area contributed by atoms with Gasteiger partial charge in [0.1, 0.15) is 0 Å². The zero-order valence-corrected chi connectivity index (χ0v) is 18.6. The number of sulfonamides is 1. The fraction of sp³-hybridized carbons (Fsp3) is 0.158. The molecule has 0 bridgehead atoms. The van der Waals surface area contributed by atoms with Crippen LogP contribution in [0.15, 0.2) is 47.5 Å². The Morgan fingerprint density at radius 3 is 2.69 bits per heavy atom. The minimum atomic E-state index is -3.70. The van der Waals surface area contributed by atoms with E-state index in [-0.39, 0.29) is 15.5 Å². The number of nitrogens with one attached hydrogen (secondary N) is 2. The van der Waals surface area contributed by atoms with Crippen LogP contribution in [0.5, 0.6) is 0 Å². The predicted octanol–water partition coefficient (Wildman–Crippen LogP) is 4.51. The van der Waals surface area contributed by atoms with Gasteiger partial charge in [-0.2, -0.15) is 0 Å². The molecule has 2 aromatic carbocycles. The van der Waals surface area contributed by atoms with Gasteiger partial charge in [0.05, 0.1) is 15.5 Å². The largest absolute Gasteiger partial charge is 0.298 e. The number of amides is 1. The number of aryl methyl sites for hydroxylation is 1. The van der Waals surface area contributed by atoms with Crippen LogP contribution in [0.3, 0.4) is 0 Å². The Balaban J connectivity index is 1.79. The molecule has 0 atom stereocenters. The summed E-state index contributed by atoms with van der Waals surface area (Å²) in [6.45, 7) is 1.94. The van der Waals surface area contributed by atoms with Crippen molar-refractivity contribution in [3.05, 3.63) is 74.2 Å². The number of rotatable bonds is 6. The van der Waals surface area contributed by atoms with Crippen LogP contribution in [0.1, 0.15) is 26.4 Å². The lowest BCUT2D eigenvalue weighted by molar-refractivity contribution is 0.102. The zero-order valence-electron chi connectivity index (χ0n) is 15.5. The molecule has 0 spiro atoms. The molecule has 0 aliphatic heterocycles. The molecule has 1 heterocycles. The summed E-state index contributed by atoms with van der Waals surface area (Å²) in [4.78, 5) is 17.7. The molecule has 0 aliphatic rings. The number of benzene rings is 2. The molecule has 10 heteroatoms. The van der Waals surface area contributed by atoms with Crippen LogP contribution in [0, 0.1) is 6.92 Å². The highest BCUT2D eigenvalue weighted by atomic mass is 35.5. The van der Waals surface area contributed by atoms with E-state index in [9.17, 15) is 13.2 Å². The van der Waals surface area contributed by atoms with Crippen molar-refractivity contribution in [3.63, 3.8) is 0 Å². The molecule has 29 heavy (non-hydrogen) atoms. The summed E-state index contributed by atoms with van der Waals surface area (Å²) < 4.78 is 26.1. The van der Waals surface area contributed by atoms with E-state index in [1.807, 2.05) is 25.1 Å². The Morgan fingerprint density at radius 1 is 1.21 bits per heavy atom. The average Bonchev–Trinajstić information content (AvgIpc) is 3.12. The molecule has 0 radical (unpaired) electrons. The summed E-state index contributed by atoms with van der Waals surface area (Å²) in [7, 11) is -2.40. The summed E-state index contributed by atoms with van der Waals surface area (Å²) in [6.07, 6.45) is 2.26. The minimum absolute atomic E-state index is 0.0430. The molecule has 1 amide bonds. The lowest BCUT2D eigenvalue weighted by Gasteiger charge is -2.08. The van der Waals surface area contributed by atoms with Crippen LogP contribution in [0.25, 0.3) is 0 Å². The first-order valence-corrected chi connectivity index (χ1v) is 11.5. The maximum absolute atomic E-state index is 12.6. The normalized spacial score (nSPS) is 11.4. The van der Waals surface area contributed by atoms with Crippen LogP contribution in [0.4, 0.5) is 5.13 Å². The van der Waals surface area contributed by atoms with Gasteiger partial charge in [0.15, 0.2) is 5.13 Å². The Labute approximate surface area is 182 Å². The van der Waals surface area contributed by atoms with Crippen molar-refractivity contribution in [2.24, 2.45) is 0 Å². The Morgan fingerprint density at radius 2 is 1.97 bits per heavy atom. The van der Waals surface area contributed by atoms with Crippen molar-refractivity contribution in [2.75, 3.05) is 12.4 Å². The molecule has 6 nitrogen and oxygen atoms in total. The molecule has 0 unspecified atom stereocenters. The number of nitrogens with zero attached hydrogens (tertiary/aromatic N) is 1. The summed E-state index contributed by atoms with van der Waals surface area (Å²) in [6, 6.07) is 9.75. The van der Waals surface area contributed by atoms with Gasteiger partial charge in [0, 0.05) is 22.5 Å². The number of anilines is 1. The van der Waals surface area contributed by atoms with E-state index < -0.39 is 15.9 Å². The third-order valence-corrected chi connectivity index (χ3v) is 7.37. The Hall–Kier alpha value is -1.97. The molecule has 152 valence electrons. The first-order valence-electron chi connectivity index (χ1n) is 8.44. The lowest BCUT2D eigenvalue weighted by atomic mass is 10.1. The van der Waals surface area contributed by atoms with Gasteiger partial charge in [-0.1, -0.05) is 41.4 Å². The van der Waals surface area contributed by atoms with Crippen LogP contribution < -0.4 is 10.0 Å². The number of carbonyl (C=O) groups excluding carboxylic acids is 1. The molecule has 2 N–H and O–H groups in total. The third kappa shape index (κ3) is 4.96. The predicted molar refractivity (Wildman–Crippen MR) is 117 cm³/mol. The fourth-order valence-electron chi connectivity index (χ4n) is 2.61. The van der Waals surface area contributed by atoms with Gasteiger partial charge in [0.2, 0.25) is 10.0 Å². The van der Waals surface area contributed by atoms with E-state index in [2.05, 4.69) is 15.0 Å². The molecule has 3 rings (SSSR count). The van der Waals surface area contributed by atoms with Crippen molar-refractivity contribution in [2.45, 2.75) is 18.2 Å². The van der Waals surface area contributed by atoms with Crippen molar-refractivity contribution in [3.8, 4) is 0 Å². The second-order valence-corrected chi connectivity index (χ2v) is 9.95. The van der Waals surface area contributed by atoms with E-state index in [0.29, 0.717) is 16.6 Å². The van der Waals surface area contributed by atoms with Gasteiger partial charge in [-0.25, -0.2) is 18.1 Å². The van der Waals surface area contributed by atoms with Crippen LogP contribution in [-0.4, -0.2) is 26.4 Å². The second kappa shape index (κ2) is 8.81. The van der Waals surface area contributed by atoms with Gasteiger partial charge < -0.3 is 0 Å². The van der Waals surface area contributed by atoms with Gasteiger partial charge in [0.25, 0.3) is 5.91 Å². The first-order chi connectivity index (χ1) is 13.7. The molecule has 0 fully saturated rings. The van der Waals surface area contributed by atoms with E-state index in [0.717, 1.165) is 16.0 Å². The van der Waals surface area contributed by atoms with E-state index >= 15 is 0 Å². The number of aromatic nitrogens is 1. The van der Waals surface area contributed by atoms with Crippen molar-refractivity contribution >= 4 is 55.6 Å². The van der Waals surface area contributed by atoms with Gasteiger partial charge in [-0.3, -0.25) is 10.1 Å². The smallest absolute Gasteiger partial charge is 0.259 e. The van der Waals surface area contributed by atoms with Crippen LogP contribution in [0.2, 0.25) is 10.0 Å². The number of hydrogen-bond acceptors (Lipinski definition) is 5. The van der Waals surface area contributed by atoms with Gasteiger partial charge in [-0.05, 0) is 43.3 Å². The highest BCUT2D eigenvalue weighted by Crippen LogP contribution is 2.28. The molecule has 1 aromatic heterocycles. The molecule has 3 aromatic rings. The Kier molecular flexibility index (Phi) is 6.60. The Bertz CT molecular complexity index is 1180. The highest BCUT2D eigenvalue weighted by molar-refractivity contribution is 7.89. The molecule has 0 saturated heterocycles. The van der Waals surface area contributed by atoms with Gasteiger partial charge >= 0.3 is 0 Å². The first kappa shape index (κ1) is 21.7. The molecule has 0 saturated carbocycles. The zero-order chi connectivity index (χ0) is 21.2. The summed E-state index contributed by atoms with van der Waals surface area (Å²) in [5, 5.41) is 3.89. The maximum atomic E-state index is 12.6. The van der Waals surface area contributed by atoms with E-state index in [4.69, 9.17) is 23.2 Å². The monoisotopic (exact) mass is 469 g/mol. The standard InChI is InChI=1S/C19H17Cl2N3O3S2/c1-11-4-3-5-12(17(11)21)8-13-10-23-19(28-13)24-18(25)15-9-14(6-7-16(15)20)29(26,27)22-2/h3-7,9-10,22H,8H2,1-2H3,(H,23,24,25). The summed E-state index contributed by atoms with van der Waals surface area (Å²) in [5.41, 5.74) is 2.01. The number of hydrogen-bond donors (Lipinski definition) is 2. The molecular formula is C19H17Cl2N3O3S2. The van der Waals surface area contributed by atoms with E-state index in [1.54, 1.807) is 6.20 Å². The third-order valence-electron chi connectivity index (χ3n) is 4.17. The lowest BCUT2D eigenvalue weighted by Crippen LogP contribution is -2.20. The van der Waals surface area contributed by atoms with Crippen molar-refractivity contribution < 1.29 is 13.2 Å². The van der Waals surface area contributed by atoms with Crippen molar-refractivity contribution in [1.82, 2.24) is 9.71 Å². The number of carbonyl (C=O) groups is 1. The number of halogens is 2. The highest BCUT2D eigenvalue weighted by Gasteiger charge is 2.18. The quantitative estimate of drug-likeness (QED) is 0.555. The van der Waals surface area contributed by atoms with Gasteiger partial charge in [-0.15, -0.1) is 11.3 Å². The second-order valence-electron chi connectivity index (χ2n) is 6.16. The maximum Gasteiger partial charge on any atom is 0.259 e. The molecular weight excluding hydrogens is 453 g/mol. The van der Waals surface area contributed by atoms with Crippen LogP contribution >= 0.6 is 34.5 Å². The van der Waals surface area contributed by atoms with E-state index in [1.165, 1.54) is 36.6 Å². The topological polar surface area (TPSA) is 88.2 Å². The minimum Gasteiger partial charge on any atom is -0.298 e.